The number of carbonyl (C=O) groups is 2. The average molecular weight is 308 g/mol. The summed E-state index contributed by atoms with van der Waals surface area (Å²) in [7, 11) is 0. The Hall–Kier alpha value is -2.34. The molecular formula is C14H14ClN3O3. The first-order valence-corrected chi connectivity index (χ1v) is 6.68. The van der Waals surface area contributed by atoms with Crippen LogP contribution >= 0.6 is 11.6 Å². The molecule has 0 saturated heterocycles. The third-order valence-electron chi connectivity index (χ3n) is 2.90. The molecule has 1 heterocycles. The molecular weight excluding hydrogens is 294 g/mol. The summed E-state index contributed by atoms with van der Waals surface area (Å²) in [6.07, 6.45) is 0. The number of carbonyl (C=O) groups excluding carboxylic acids is 1. The van der Waals surface area contributed by atoms with Crippen molar-refractivity contribution in [2.45, 2.75) is 20.4 Å². The number of benzene rings is 1. The highest BCUT2D eigenvalue weighted by Gasteiger charge is 2.15. The van der Waals surface area contributed by atoms with E-state index in [0.717, 1.165) is 5.69 Å². The van der Waals surface area contributed by atoms with Crippen LogP contribution in [0.1, 0.15) is 33.5 Å². The molecule has 7 heteroatoms. The third kappa shape index (κ3) is 3.22. The fourth-order valence-electron chi connectivity index (χ4n) is 1.91. The molecule has 1 aromatic heterocycles. The predicted molar refractivity (Wildman–Crippen MR) is 79.0 cm³/mol. The smallest absolute Gasteiger partial charge is 0.335 e. The summed E-state index contributed by atoms with van der Waals surface area (Å²) in [5, 5.41) is 15.9. The number of nitrogens with one attached hydrogen (secondary N) is 1. The third-order valence-corrected chi connectivity index (χ3v) is 3.21. The fraction of sp³-hybridized carbons (Fsp3) is 0.214. The molecule has 0 unspecified atom stereocenters. The highest BCUT2D eigenvalue weighted by atomic mass is 35.5. The number of nitrogens with zero attached hydrogens (tertiary/aromatic N) is 2. The molecule has 0 saturated carbocycles. The molecule has 1 amide bonds. The lowest BCUT2D eigenvalue weighted by Gasteiger charge is -2.08. The van der Waals surface area contributed by atoms with Crippen molar-refractivity contribution in [3.63, 3.8) is 0 Å². The van der Waals surface area contributed by atoms with E-state index >= 15 is 0 Å². The first-order valence-electron chi connectivity index (χ1n) is 6.31. The second-order valence-corrected chi connectivity index (χ2v) is 4.85. The molecule has 6 nitrogen and oxygen atoms in total. The van der Waals surface area contributed by atoms with Crippen molar-refractivity contribution in [3.8, 4) is 0 Å². The van der Waals surface area contributed by atoms with E-state index in [1.165, 1.54) is 18.2 Å². The summed E-state index contributed by atoms with van der Waals surface area (Å²) >= 11 is 5.98. The van der Waals surface area contributed by atoms with Crippen LogP contribution in [0.4, 0.5) is 5.69 Å². The molecule has 1 aromatic carbocycles. The number of anilines is 1. The van der Waals surface area contributed by atoms with Gasteiger partial charge in [-0.25, -0.2) is 4.79 Å². The normalized spacial score (nSPS) is 10.4. The van der Waals surface area contributed by atoms with Crippen molar-refractivity contribution in [1.82, 2.24) is 9.78 Å². The maximum absolute atomic E-state index is 12.2. The number of halogens is 1. The van der Waals surface area contributed by atoms with Gasteiger partial charge in [-0.1, -0.05) is 11.6 Å². The molecule has 110 valence electrons. The molecule has 21 heavy (non-hydrogen) atoms. The topological polar surface area (TPSA) is 84.2 Å². The lowest BCUT2D eigenvalue weighted by Crippen LogP contribution is -2.17. The van der Waals surface area contributed by atoms with Crippen LogP contribution in [0.2, 0.25) is 5.02 Å². The fourth-order valence-corrected chi connectivity index (χ4v) is 2.13. The van der Waals surface area contributed by atoms with Crippen molar-refractivity contribution < 1.29 is 14.7 Å². The van der Waals surface area contributed by atoms with Crippen LogP contribution in [0.3, 0.4) is 0 Å². The molecule has 0 radical (unpaired) electrons. The van der Waals surface area contributed by atoms with Crippen LogP contribution in [0.15, 0.2) is 24.3 Å². The number of amides is 1. The number of aromatic carboxylic acids is 1. The summed E-state index contributed by atoms with van der Waals surface area (Å²) in [6.45, 7) is 4.26. The molecule has 0 aliphatic carbocycles. The van der Waals surface area contributed by atoms with Crippen molar-refractivity contribution >= 4 is 29.2 Å². The van der Waals surface area contributed by atoms with Crippen LogP contribution in [-0.2, 0) is 6.54 Å². The van der Waals surface area contributed by atoms with Gasteiger partial charge >= 0.3 is 5.97 Å². The maximum atomic E-state index is 12.2. The minimum atomic E-state index is -1.07. The van der Waals surface area contributed by atoms with E-state index in [1.54, 1.807) is 17.7 Å². The van der Waals surface area contributed by atoms with E-state index in [2.05, 4.69) is 10.4 Å². The zero-order valence-corrected chi connectivity index (χ0v) is 12.3. The molecule has 0 fully saturated rings. The number of carboxylic acids is 1. The van der Waals surface area contributed by atoms with Crippen LogP contribution in [0.25, 0.3) is 0 Å². The highest BCUT2D eigenvalue weighted by molar-refractivity contribution is 6.34. The Bertz CT molecular complexity index is 709. The molecule has 2 aromatic rings. The van der Waals surface area contributed by atoms with Crippen LogP contribution in [0.5, 0.6) is 0 Å². The van der Waals surface area contributed by atoms with Crippen LogP contribution < -0.4 is 5.32 Å². The number of aryl methyl sites for hydroxylation is 2. The molecule has 0 aliphatic heterocycles. The molecule has 0 bridgehead atoms. The standard InChI is InChI=1S/C14H14ClN3O3/c1-3-18-12(6-8(2)17-18)13(19)16-11-5-4-9(14(20)21)7-10(11)15/h4-7H,3H2,1-2H3,(H,16,19)(H,20,21). The van der Waals surface area contributed by atoms with Crippen molar-refractivity contribution in [2.75, 3.05) is 5.32 Å². The molecule has 2 rings (SSSR count). The Morgan fingerprint density at radius 2 is 2.10 bits per heavy atom. The summed E-state index contributed by atoms with van der Waals surface area (Å²) in [5.74, 6) is -1.42. The quantitative estimate of drug-likeness (QED) is 0.909. The summed E-state index contributed by atoms with van der Waals surface area (Å²) < 4.78 is 1.59. The number of aromatic nitrogens is 2. The Morgan fingerprint density at radius 3 is 2.67 bits per heavy atom. The summed E-state index contributed by atoms with van der Waals surface area (Å²) in [4.78, 5) is 23.1. The Labute approximate surface area is 126 Å². The van der Waals surface area contributed by atoms with E-state index in [4.69, 9.17) is 16.7 Å². The van der Waals surface area contributed by atoms with E-state index in [9.17, 15) is 9.59 Å². The van der Waals surface area contributed by atoms with Gasteiger partial charge < -0.3 is 10.4 Å². The summed E-state index contributed by atoms with van der Waals surface area (Å²) in [6, 6.07) is 5.82. The van der Waals surface area contributed by atoms with Gasteiger partial charge in [0.25, 0.3) is 5.91 Å². The minimum Gasteiger partial charge on any atom is -0.478 e. The van der Waals surface area contributed by atoms with E-state index in [0.29, 0.717) is 17.9 Å². The van der Waals surface area contributed by atoms with Gasteiger partial charge in [-0.15, -0.1) is 0 Å². The van der Waals surface area contributed by atoms with Gasteiger partial charge in [0.1, 0.15) is 5.69 Å². The van der Waals surface area contributed by atoms with Crippen molar-refractivity contribution in [3.05, 3.63) is 46.2 Å². The molecule has 0 spiro atoms. The number of hydrogen-bond acceptors (Lipinski definition) is 3. The highest BCUT2D eigenvalue weighted by Crippen LogP contribution is 2.23. The van der Waals surface area contributed by atoms with Crippen LogP contribution in [-0.4, -0.2) is 26.8 Å². The summed E-state index contributed by atoms with van der Waals surface area (Å²) in [5.41, 5.74) is 1.59. The maximum Gasteiger partial charge on any atom is 0.335 e. The van der Waals surface area contributed by atoms with Gasteiger partial charge in [0.15, 0.2) is 0 Å². The second kappa shape index (κ2) is 5.97. The van der Waals surface area contributed by atoms with Gasteiger partial charge in [-0.3, -0.25) is 9.48 Å². The largest absolute Gasteiger partial charge is 0.478 e. The first-order chi connectivity index (χ1) is 9.92. The lowest BCUT2D eigenvalue weighted by molar-refractivity contribution is 0.0696. The Kier molecular flexibility index (Phi) is 4.28. The average Bonchev–Trinajstić information content (AvgIpc) is 2.82. The minimum absolute atomic E-state index is 0.0624. The van der Waals surface area contributed by atoms with Gasteiger partial charge in [0, 0.05) is 6.54 Å². The SMILES string of the molecule is CCn1nc(C)cc1C(=O)Nc1ccc(C(=O)O)cc1Cl. The monoisotopic (exact) mass is 307 g/mol. The number of carboxylic acid groups (broad SMARTS) is 1. The van der Waals surface area contributed by atoms with Gasteiger partial charge in [-0.2, -0.15) is 5.10 Å². The zero-order chi connectivity index (χ0) is 15.6. The second-order valence-electron chi connectivity index (χ2n) is 4.44. The van der Waals surface area contributed by atoms with Gasteiger partial charge in [0.2, 0.25) is 0 Å². The molecule has 0 aliphatic rings. The van der Waals surface area contributed by atoms with Crippen molar-refractivity contribution in [1.29, 1.82) is 0 Å². The zero-order valence-electron chi connectivity index (χ0n) is 11.6. The van der Waals surface area contributed by atoms with Gasteiger partial charge in [0.05, 0.1) is 22.0 Å². The Morgan fingerprint density at radius 1 is 1.38 bits per heavy atom. The van der Waals surface area contributed by atoms with Gasteiger partial charge in [-0.05, 0) is 38.1 Å². The predicted octanol–water partition coefficient (Wildman–Crippen LogP) is 2.82. The van der Waals surface area contributed by atoms with E-state index in [-0.39, 0.29) is 16.5 Å². The Balaban J connectivity index is 2.25. The number of hydrogen-bond donors (Lipinski definition) is 2. The van der Waals surface area contributed by atoms with Crippen LogP contribution in [0, 0.1) is 6.92 Å². The molecule has 0 atom stereocenters. The lowest BCUT2D eigenvalue weighted by atomic mass is 10.2. The first kappa shape index (κ1) is 15.1. The van der Waals surface area contributed by atoms with Crippen molar-refractivity contribution in [2.24, 2.45) is 0 Å². The number of rotatable bonds is 4. The van der Waals surface area contributed by atoms with E-state index < -0.39 is 5.97 Å². The van der Waals surface area contributed by atoms with E-state index in [1.807, 2.05) is 6.92 Å². The molecule has 2 N–H and O–H groups in total.